The molecule has 0 aromatic rings. The van der Waals surface area contributed by atoms with Crippen LogP contribution in [0.4, 0.5) is 0 Å². The first-order valence-corrected chi connectivity index (χ1v) is 4.83. The summed E-state index contributed by atoms with van der Waals surface area (Å²) in [6.45, 7) is 11.7. The quantitative estimate of drug-likeness (QED) is 0.438. The Labute approximate surface area is 68.0 Å². The summed E-state index contributed by atoms with van der Waals surface area (Å²) in [6, 6.07) is 0. The van der Waals surface area contributed by atoms with E-state index in [-0.39, 0.29) is 0 Å². The van der Waals surface area contributed by atoms with Gasteiger partial charge in [-0.3, -0.25) is 0 Å². The fourth-order valence-electron chi connectivity index (χ4n) is 0.531. The Bertz CT molecular complexity index is 104. The van der Waals surface area contributed by atoms with E-state index in [2.05, 4.69) is 18.7 Å². The topological polar surface area (TPSA) is 4.36 Å². The lowest BCUT2D eigenvalue weighted by Gasteiger charge is -2.00. The van der Waals surface area contributed by atoms with E-state index >= 15 is 0 Å². The molecule has 0 bridgehead atoms. The Kier molecular flexibility index (Phi) is 6.84. The van der Waals surface area contributed by atoms with Gasteiger partial charge in [-0.05, 0) is 18.1 Å². The van der Waals surface area contributed by atoms with Crippen LogP contribution in [0.3, 0.4) is 0 Å². The second-order valence-corrected chi connectivity index (χ2v) is 3.90. The minimum absolute atomic E-state index is 0.683. The van der Waals surface area contributed by atoms with Crippen molar-refractivity contribution in [2.24, 2.45) is 5.92 Å². The SMILES string of the molecule is [C-]#[N+]CCSCCC(C)C. The molecule has 0 saturated carbocycles. The van der Waals surface area contributed by atoms with Crippen molar-refractivity contribution in [1.82, 2.24) is 0 Å². The Morgan fingerprint density at radius 3 is 2.60 bits per heavy atom. The standard InChI is InChI=1S/C8H15NS/c1-8(2)4-6-10-7-5-9-3/h8H,4-7H2,1-2H3. The van der Waals surface area contributed by atoms with E-state index in [1.807, 2.05) is 11.8 Å². The molecule has 0 unspecified atom stereocenters. The molecule has 0 aliphatic carbocycles. The van der Waals surface area contributed by atoms with Crippen LogP contribution in [0.15, 0.2) is 0 Å². The van der Waals surface area contributed by atoms with Crippen LogP contribution < -0.4 is 0 Å². The maximum absolute atomic E-state index is 6.53. The minimum Gasteiger partial charge on any atom is -0.316 e. The van der Waals surface area contributed by atoms with Crippen molar-refractivity contribution in [1.29, 1.82) is 0 Å². The number of nitrogens with zero attached hydrogens (tertiary/aromatic N) is 1. The molecule has 1 nitrogen and oxygen atoms in total. The van der Waals surface area contributed by atoms with Crippen LogP contribution in [0.1, 0.15) is 20.3 Å². The van der Waals surface area contributed by atoms with Gasteiger partial charge < -0.3 is 4.85 Å². The van der Waals surface area contributed by atoms with Crippen molar-refractivity contribution in [2.75, 3.05) is 18.1 Å². The highest BCUT2D eigenvalue weighted by atomic mass is 32.2. The molecule has 0 saturated heterocycles. The van der Waals surface area contributed by atoms with Crippen LogP contribution in [0, 0.1) is 12.5 Å². The van der Waals surface area contributed by atoms with E-state index in [1.165, 1.54) is 12.2 Å². The average Bonchev–Trinajstić information content (AvgIpc) is 1.87. The molecule has 0 aliphatic heterocycles. The fourth-order valence-corrected chi connectivity index (χ4v) is 1.59. The summed E-state index contributed by atoms with van der Waals surface area (Å²) in [5.74, 6) is 3.03. The highest BCUT2D eigenvalue weighted by Crippen LogP contribution is 2.07. The second kappa shape index (κ2) is 6.95. The van der Waals surface area contributed by atoms with Gasteiger partial charge in [0.1, 0.15) is 0 Å². The summed E-state index contributed by atoms with van der Waals surface area (Å²) in [6.07, 6.45) is 1.28. The van der Waals surface area contributed by atoms with E-state index < -0.39 is 0 Å². The van der Waals surface area contributed by atoms with Crippen molar-refractivity contribution < 1.29 is 0 Å². The predicted molar refractivity (Wildman–Crippen MR) is 48.2 cm³/mol. The van der Waals surface area contributed by atoms with Crippen molar-refractivity contribution in [3.05, 3.63) is 11.4 Å². The summed E-state index contributed by atoms with van der Waals surface area (Å²) in [7, 11) is 0. The first-order valence-electron chi connectivity index (χ1n) is 3.68. The Hall–Kier alpha value is -0.160. The summed E-state index contributed by atoms with van der Waals surface area (Å²) in [5.41, 5.74) is 0. The highest BCUT2D eigenvalue weighted by molar-refractivity contribution is 7.99. The Morgan fingerprint density at radius 2 is 2.10 bits per heavy atom. The van der Waals surface area contributed by atoms with Gasteiger partial charge in [-0.25, -0.2) is 6.57 Å². The third-order valence-electron chi connectivity index (χ3n) is 1.19. The fraction of sp³-hybridized carbons (Fsp3) is 0.875. The molecule has 0 aromatic heterocycles. The van der Waals surface area contributed by atoms with Gasteiger partial charge in [-0.15, -0.1) is 0 Å². The summed E-state index contributed by atoms with van der Waals surface area (Å²) < 4.78 is 0. The predicted octanol–water partition coefficient (Wildman–Crippen LogP) is 2.68. The lowest BCUT2D eigenvalue weighted by atomic mass is 10.2. The van der Waals surface area contributed by atoms with Crippen LogP contribution in [0.5, 0.6) is 0 Å². The van der Waals surface area contributed by atoms with Gasteiger partial charge in [0.05, 0.1) is 5.75 Å². The number of thioether (sulfide) groups is 1. The van der Waals surface area contributed by atoms with Gasteiger partial charge in [0, 0.05) is 0 Å². The van der Waals surface area contributed by atoms with Crippen LogP contribution in [-0.2, 0) is 0 Å². The largest absolute Gasteiger partial charge is 0.316 e. The summed E-state index contributed by atoms with van der Waals surface area (Å²) in [5, 5.41) is 0. The van der Waals surface area contributed by atoms with Crippen LogP contribution in [-0.4, -0.2) is 18.1 Å². The minimum atomic E-state index is 0.683. The highest BCUT2D eigenvalue weighted by Gasteiger charge is 1.94. The average molecular weight is 157 g/mol. The first kappa shape index (κ1) is 9.84. The first-order chi connectivity index (χ1) is 4.77. The van der Waals surface area contributed by atoms with Crippen molar-refractivity contribution in [3.8, 4) is 0 Å². The maximum Gasteiger partial charge on any atom is 0.223 e. The monoisotopic (exact) mass is 157 g/mol. The summed E-state index contributed by atoms with van der Waals surface area (Å²) >= 11 is 1.89. The summed E-state index contributed by atoms with van der Waals surface area (Å²) in [4.78, 5) is 3.28. The molecule has 0 radical (unpaired) electrons. The Balaban J connectivity index is 2.86. The van der Waals surface area contributed by atoms with Gasteiger partial charge >= 0.3 is 0 Å². The molecule has 0 aromatic carbocycles. The number of hydrogen-bond acceptors (Lipinski definition) is 1. The van der Waals surface area contributed by atoms with Gasteiger partial charge in [-0.1, -0.05) is 13.8 Å². The van der Waals surface area contributed by atoms with E-state index in [4.69, 9.17) is 6.57 Å². The maximum atomic E-state index is 6.53. The normalized spacial score (nSPS) is 9.80. The second-order valence-electron chi connectivity index (χ2n) is 2.68. The van der Waals surface area contributed by atoms with Gasteiger partial charge in [-0.2, -0.15) is 11.8 Å². The van der Waals surface area contributed by atoms with E-state index in [0.717, 1.165) is 11.7 Å². The molecule has 0 atom stereocenters. The van der Waals surface area contributed by atoms with Crippen LogP contribution in [0.2, 0.25) is 0 Å². The number of hydrogen-bond donors (Lipinski definition) is 0. The van der Waals surface area contributed by atoms with Crippen molar-refractivity contribution in [2.45, 2.75) is 20.3 Å². The molecular formula is C8H15NS. The third kappa shape index (κ3) is 7.84. The number of rotatable bonds is 5. The molecule has 0 heterocycles. The van der Waals surface area contributed by atoms with Gasteiger partial charge in [0.15, 0.2) is 0 Å². The van der Waals surface area contributed by atoms with E-state index in [9.17, 15) is 0 Å². The molecule has 10 heavy (non-hydrogen) atoms. The zero-order valence-corrected chi connectivity index (χ0v) is 7.58. The smallest absolute Gasteiger partial charge is 0.223 e. The lowest BCUT2D eigenvalue weighted by molar-refractivity contribution is 0.632. The van der Waals surface area contributed by atoms with Gasteiger partial charge in [0.2, 0.25) is 6.54 Å². The molecule has 0 spiro atoms. The van der Waals surface area contributed by atoms with Crippen molar-refractivity contribution in [3.63, 3.8) is 0 Å². The molecule has 58 valence electrons. The third-order valence-corrected chi connectivity index (χ3v) is 2.18. The van der Waals surface area contributed by atoms with Crippen molar-refractivity contribution >= 4 is 11.8 Å². The molecule has 0 fully saturated rings. The zero-order chi connectivity index (χ0) is 7.82. The molecule has 0 N–H and O–H groups in total. The lowest BCUT2D eigenvalue weighted by Crippen LogP contribution is -1.91. The van der Waals surface area contributed by atoms with Gasteiger partial charge in [0.25, 0.3) is 0 Å². The van der Waals surface area contributed by atoms with Crippen LogP contribution in [0.25, 0.3) is 4.85 Å². The molecular weight excluding hydrogens is 142 g/mol. The molecule has 2 heteroatoms. The Morgan fingerprint density at radius 1 is 1.40 bits per heavy atom. The van der Waals surface area contributed by atoms with E-state index in [1.54, 1.807) is 0 Å². The molecule has 0 rings (SSSR count). The van der Waals surface area contributed by atoms with Crippen LogP contribution >= 0.6 is 11.8 Å². The molecule has 0 aliphatic rings. The zero-order valence-electron chi connectivity index (χ0n) is 6.76. The van der Waals surface area contributed by atoms with E-state index in [0.29, 0.717) is 6.54 Å². The molecule has 0 amide bonds.